The zero-order valence-electron chi connectivity index (χ0n) is 14.6. The third kappa shape index (κ3) is 4.19. The molecule has 0 spiro atoms. The van der Waals surface area contributed by atoms with Gasteiger partial charge in [0.15, 0.2) is 9.84 Å². The molecule has 1 aliphatic carbocycles. The lowest BCUT2D eigenvalue weighted by Gasteiger charge is -2.18. The van der Waals surface area contributed by atoms with Crippen molar-refractivity contribution in [3.05, 3.63) is 46.1 Å². The number of carbonyl (C=O) groups excluding carboxylic acids is 2. The van der Waals surface area contributed by atoms with Gasteiger partial charge in [-0.1, -0.05) is 6.92 Å². The van der Waals surface area contributed by atoms with E-state index in [1.807, 2.05) is 0 Å². The Bertz CT molecular complexity index is 997. The lowest BCUT2D eigenvalue weighted by atomic mass is 9.88. The topological polar surface area (TPSA) is 106 Å². The van der Waals surface area contributed by atoms with Crippen molar-refractivity contribution in [2.24, 2.45) is 11.7 Å². The maximum atomic E-state index is 13.0. The molecule has 9 heteroatoms. The Kier molecular flexibility index (Phi) is 5.34. The normalized spacial score (nSPS) is 16.6. The zero-order chi connectivity index (χ0) is 19.8. The largest absolute Gasteiger partial charge is 0.365 e. The van der Waals surface area contributed by atoms with Crippen LogP contribution in [0.25, 0.3) is 0 Å². The molecule has 1 aliphatic rings. The number of benzene rings is 1. The van der Waals surface area contributed by atoms with E-state index in [0.717, 1.165) is 47.5 Å². The van der Waals surface area contributed by atoms with Crippen LogP contribution < -0.4 is 11.1 Å². The van der Waals surface area contributed by atoms with Crippen molar-refractivity contribution in [3.63, 3.8) is 0 Å². The highest BCUT2D eigenvalue weighted by Gasteiger charge is 2.28. The summed E-state index contributed by atoms with van der Waals surface area (Å²) in [5.41, 5.74) is 6.61. The van der Waals surface area contributed by atoms with E-state index >= 15 is 0 Å². The average Bonchev–Trinajstić information content (AvgIpc) is 2.91. The van der Waals surface area contributed by atoms with Gasteiger partial charge in [0.25, 0.3) is 5.91 Å². The molecule has 0 radical (unpaired) electrons. The van der Waals surface area contributed by atoms with Gasteiger partial charge in [-0.25, -0.2) is 12.8 Å². The molecular weight excluding hydrogens is 391 g/mol. The fourth-order valence-corrected chi connectivity index (χ4v) is 5.73. The van der Waals surface area contributed by atoms with Gasteiger partial charge >= 0.3 is 0 Å². The number of nitrogens with one attached hydrogen (secondary N) is 1. The Morgan fingerprint density at radius 3 is 2.59 bits per heavy atom. The molecule has 144 valence electrons. The molecule has 6 nitrogen and oxygen atoms in total. The van der Waals surface area contributed by atoms with E-state index in [-0.39, 0.29) is 10.5 Å². The van der Waals surface area contributed by atoms with E-state index in [4.69, 9.17) is 5.73 Å². The number of sulfone groups is 1. The van der Waals surface area contributed by atoms with Gasteiger partial charge in [-0.3, -0.25) is 9.59 Å². The first-order valence-corrected chi connectivity index (χ1v) is 10.9. The first kappa shape index (κ1) is 19.5. The number of rotatable bonds is 5. The smallest absolute Gasteiger partial charge is 0.251 e. The van der Waals surface area contributed by atoms with Crippen molar-refractivity contribution in [2.45, 2.75) is 31.1 Å². The molecule has 3 rings (SSSR count). The number of thiophene rings is 1. The number of carbonyl (C=O) groups is 2. The van der Waals surface area contributed by atoms with E-state index < -0.39 is 33.2 Å². The number of amides is 2. The Hall–Kier alpha value is -2.26. The van der Waals surface area contributed by atoms with Crippen LogP contribution in [0.5, 0.6) is 0 Å². The van der Waals surface area contributed by atoms with Crippen LogP contribution >= 0.6 is 11.3 Å². The number of primary amides is 1. The van der Waals surface area contributed by atoms with Crippen molar-refractivity contribution in [1.82, 2.24) is 0 Å². The predicted octanol–water partition coefficient (Wildman–Crippen LogP) is 2.52. The van der Waals surface area contributed by atoms with Crippen LogP contribution in [-0.2, 0) is 27.5 Å². The summed E-state index contributed by atoms with van der Waals surface area (Å²) in [7, 11) is -3.93. The monoisotopic (exact) mass is 410 g/mol. The highest BCUT2D eigenvalue weighted by molar-refractivity contribution is 7.92. The van der Waals surface area contributed by atoms with Gasteiger partial charge in [-0.2, -0.15) is 0 Å². The van der Waals surface area contributed by atoms with E-state index in [1.165, 1.54) is 11.3 Å². The third-order valence-electron chi connectivity index (χ3n) is 4.50. The van der Waals surface area contributed by atoms with Gasteiger partial charge in [0.1, 0.15) is 16.6 Å². The maximum absolute atomic E-state index is 13.0. The quantitative estimate of drug-likeness (QED) is 0.739. The average molecular weight is 410 g/mol. The van der Waals surface area contributed by atoms with Gasteiger partial charge in [-0.05, 0) is 55.0 Å². The second-order valence-electron chi connectivity index (χ2n) is 6.68. The van der Waals surface area contributed by atoms with Gasteiger partial charge in [0.2, 0.25) is 5.91 Å². The summed E-state index contributed by atoms with van der Waals surface area (Å²) < 4.78 is 37.6. The summed E-state index contributed by atoms with van der Waals surface area (Å²) in [5.74, 6) is -2.31. The van der Waals surface area contributed by atoms with Crippen molar-refractivity contribution in [1.29, 1.82) is 0 Å². The summed E-state index contributed by atoms with van der Waals surface area (Å²) in [6.07, 6.45) is 2.43. The molecule has 1 aromatic heterocycles. The van der Waals surface area contributed by atoms with Crippen LogP contribution in [0.1, 0.15) is 34.1 Å². The molecule has 27 heavy (non-hydrogen) atoms. The van der Waals surface area contributed by atoms with Crippen LogP contribution in [-0.4, -0.2) is 26.0 Å². The van der Waals surface area contributed by atoms with Crippen molar-refractivity contribution >= 4 is 38.0 Å². The van der Waals surface area contributed by atoms with Crippen LogP contribution in [0.4, 0.5) is 9.39 Å². The Morgan fingerprint density at radius 1 is 1.30 bits per heavy atom. The third-order valence-corrected chi connectivity index (χ3v) is 7.31. The molecule has 0 bridgehead atoms. The van der Waals surface area contributed by atoms with Crippen LogP contribution in [0.2, 0.25) is 0 Å². The molecule has 1 unspecified atom stereocenters. The Balaban J connectivity index is 1.82. The van der Waals surface area contributed by atoms with Crippen molar-refractivity contribution in [3.8, 4) is 0 Å². The van der Waals surface area contributed by atoms with Gasteiger partial charge < -0.3 is 11.1 Å². The minimum absolute atomic E-state index is 0.145. The molecule has 1 aromatic carbocycles. The molecule has 0 saturated heterocycles. The highest BCUT2D eigenvalue weighted by Crippen LogP contribution is 2.39. The van der Waals surface area contributed by atoms with Gasteiger partial charge in [0, 0.05) is 4.88 Å². The minimum Gasteiger partial charge on any atom is -0.365 e. The molecular formula is C18H19FN2O4S2. The number of halogens is 1. The fourth-order valence-electron chi connectivity index (χ4n) is 3.16. The number of hydrogen-bond acceptors (Lipinski definition) is 5. The lowest BCUT2D eigenvalue weighted by Crippen LogP contribution is -2.24. The molecule has 3 N–H and O–H groups in total. The first-order chi connectivity index (χ1) is 12.7. The predicted molar refractivity (Wildman–Crippen MR) is 101 cm³/mol. The Labute approximate surface area is 160 Å². The fraction of sp³-hybridized carbons (Fsp3) is 0.333. The summed E-state index contributed by atoms with van der Waals surface area (Å²) >= 11 is 1.27. The van der Waals surface area contributed by atoms with Crippen LogP contribution in [0.3, 0.4) is 0 Å². The maximum Gasteiger partial charge on any atom is 0.251 e. The summed E-state index contributed by atoms with van der Waals surface area (Å²) in [4.78, 5) is 25.0. The zero-order valence-corrected chi connectivity index (χ0v) is 16.3. The Morgan fingerprint density at radius 2 is 1.96 bits per heavy atom. The number of anilines is 1. The number of nitrogens with two attached hydrogens (primary N) is 1. The van der Waals surface area contributed by atoms with E-state index in [9.17, 15) is 22.4 Å². The van der Waals surface area contributed by atoms with Crippen molar-refractivity contribution in [2.75, 3.05) is 11.1 Å². The summed E-state index contributed by atoms with van der Waals surface area (Å²) in [6.45, 7) is 2.11. The number of fused-ring (bicyclic) bond motifs is 1. The second-order valence-corrected chi connectivity index (χ2v) is 9.78. The standard InChI is InChI=1S/C18H19FN2O4S2/c1-10-2-7-13-14(8-10)26-18(16(13)17(20)23)21-15(22)9-27(24,25)12-5-3-11(19)4-6-12/h3-6,10H,2,7-9H2,1H3,(H2,20,23)(H,21,22). The first-order valence-electron chi connectivity index (χ1n) is 8.40. The molecule has 2 amide bonds. The van der Waals surface area contributed by atoms with E-state index in [1.54, 1.807) is 0 Å². The van der Waals surface area contributed by atoms with Gasteiger partial charge in [-0.15, -0.1) is 11.3 Å². The highest BCUT2D eigenvalue weighted by atomic mass is 32.2. The summed E-state index contributed by atoms with van der Waals surface area (Å²) in [5, 5.41) is 2.82. The van der Waals surface area contributed by atoms with E-state index in [0.29, 0.717) is 17.3 Å². The van der Waals surface area contributed by atoms with Gasteiger partial charge in [0.05, 0.1) is 10.5 Å². The summed E-state index contributed by atoms with van der Waals surface area (Å²) in [6, 6.07) is 4.25. The van der Waals surface area contributed by atoms with Crippen LogP contribution in [0.15, 0.2) is 29.2 Å². The minimum atomic E-state index is -3.93. The molecule has 1 atom stereocenters. The second kappa shape index (κ2) is 7.40. The molecule has 0 fully saturated rings. The lowest BCUT2D eigenvalue weighted by molar-refractivity contribution is -0.113. The van der Waals surface area contributed by atoms with Crippen LogP contribution in [0, 0.1) is 11.7 Å². The molecule has 2 aromatic rings. The molecule has 0 saturated carbocycles. The SMILES string of the molecule is CC1CCc2c(sc(NC(=O)CS(=O)(=O)c3ccc(F)cc3)c2C(N)=O)C1. The molecule has 0 aliphatic heterocycles. The molecule has 1 heterocycles. The number of hydrogen-bond donors (Lipinski definition) is 2. The van der Waals surface area contributed by atoms with Crippen molar-refractivity contribution < 1.29 is 22.4 Å². The van der Waals surface area contributed by atoms with E-state index in [2.05, 4.69) is 12.2 Å².